The van der Waals surface area contributed by atoms with Crippen LogP contribution in [0.25, 0.3) is 0 Å². The molecule has 21 heavy (non-hydrogen) atoms. The van der Waals surface area contributed by atoms with Gasteiger partial charge in [-0.05, 0) is 43.5 Å². The molecule has 1 aromatic carbocycles. The zero-order valence-electron chi connectivity index (χ0n) is 11.5. The Morgan fingerprint density at radius 1 is 1.29 bits per heavy atom. The Kier molecular flexibility index (Phi) is 4.88. The Labute approximate surface area is 121 Å². The van der Waals surface area contributed by atoms with Gasteiger partial charge in [-0.1, -0.05) is 18.2 Å². The number of nitrogens with zero attached hydrogens (tertiary/aromatic N) is 1. The van der Waals surface area contributed by atoms with E-state index >= 15 is 0 Å². The van der Waals surface area contributed by atoms with Crippen molar-refractivity contribution in [1.82, 2.24) is 4.90 Å². The topological polar surface area (TPSA) is 12.5 Å². The lowest BCUT2D eigenvalue weighted by molar-refractivity contribution is -0.275. The first-order valence-electron chi connectivity index (χ1n) is 6.78. The van der Waals surface area contributed by atoms with Crippen molar-refractivity contribution in [3.05, 3.63) is 42.2 Å². The van der Waals surface area contributed by atoms with Crippen molar-refractivity contribution in [2.45, 2.75) is 25.1 Å². The molecule has 0 saturated carbocycles. The maximum Gasteiger partial charge on any atom is 0.573 e. The van der Waals surface area contributed by atoms with Gasteiger partial charge in [-0.25, -0.2) is 4.39 Å². The fourth-order valence-electron chi connectivity index (χ4n) is 2.66. The smallest absolute Gasteiger partial charge is 0.403 e. The highest BCUT2D eigenvalue weighted by molar-refractivity contribution is 5.33. The van der Waals surface area contributed by atoms with Gasteiger partial charge in [-0.2, -0.15) is 0 Å². The van der Waals surface area contributed by atoms with Crippen LogP contribution in [0.15, 0.2) is 30.9 Å². The molecule has 1 aliphatic rings. The summed E-state index contributed by atoms with van der Waals surface area (Å²) in [4.78, 5) is 2.18. The van der Waals surface area contributed by atoms with E-state index in [1.165, 1.54) is 12.1 Å². The van der Waals surface area contributed by atoms with E-state index in [9.17, 15) is 17.6 Å². The number of alkyl halides is 3. The molecule has 6 heteroatoms. The first-order valence-corrected chi connectivity index (χ1v) is 6.78. The SMILES string of the molecule is C=CCN1CCC(c2cccc(OC(F)(F)F)c2F)CC1. The Bertz CT molecular complexity index is 493. The lowest BCUT2D eigenvalue weighted by atomic mass is 9.89. The molecule has 1 heterocycles. The molecule has 1 fully saturated rings. The van der Waals surface area contributed by atoms with Crippen LogP contribution in [-0.2, 0) is 0 Å². The van der Waals surface area contributed by atoms with Crippen molar-refractivity contribution in [2.24, 2.45) is 0 Å². The second-order valence-corrected chi connectivity index (χ2v) is 5.07. The van der Waals surface area contributed by atoms with Crippen LogP contribution in [0.5, 0.6) is 5.75 Å². The minimum atomic E-state index is -4.88. The largest absolute Gasteiger partial charge is 0.573 e. The van der Waals surface area contributed by atoms with Gasteiger partial charge in [0.2, 0.25) is 0 Å². The molecule has 0 amide bonds. The third kappa shape index (κ3) is 4.20. The van der Waals surface area contributed by atoms with Crippen molar-refractivity contribution < 1.29 is 22.3 Å². The fourth-order valence-corrected chi connectivity index (χ4v) is 2.66. The van der Waals surface area contributed by atoms with E-state index in [1.54, 1.807) is 6.08 Å². The van der Waals surface area contributed by atoms with Gasteiger partial charge in [-0.3, -0.25) is 4.90 Å². The number of benzene rings is 1. The number of hydrogen-bond acceptors (Lipinski definition) is 2. The van der Waals surface area contributed by atoms with Crippen LogP contribution in [0.4, 0.5) is 17.6 Å². The first-order chi connectivity index (χ1) is 9.90. The van der Waals surface area contributed by atoms with Crippen LogP contribution in [0.1, 0.15) is 24.3 Å². The van der Waals surface area contributed by atoms with Gasteiger partial charge < -0.3 is 4.74 Å². The lowest BCUT2D eigenvalue weighted by Crippen LogP contribution is -2.33. The highest BCUT2D eigenvalue weighted by Gasteiger charge is 2.33. The molecule has 0 radical (unpaired) electrons. The van der Waals surface area contributed by atoms with Gasteiger partial charge >= 0.3 is 6.36 Å². The molecule has 0 spiro atoms. The molecule has 0 N–H and O–H groups in total. The van der Waals surface area contributed by atoms with Crippen molar-refractivity contribution in [1.29, 1.82) is 0 Å². The molecule has 1 aromatic rings. The quantitative estimate of drug-likeness (QED) is 0.613. The van der Waals surface area contributed by atoms with Crippen LogP contribution in [0.3, 0.4) is 0 Å². The van der Waals surface area contributed by atoms with Crippen LogP contribution < -0.4 is 4.74 Å². The van der Waals surface area contributed by atoms with Crippen molar-refractivity contribution in [3.8, 4) is 5.75 Å². The molecule has 2 nitrogen and oxygen atoms in total. The van der Waals surface area contributed by atoms with E-state index in [1.807, 2.05) is 0 Å². The molecular formula is C15H17F4NO. The summed E-state index contributed by atoms with van der Waals surface area (Å²) in [6.07, 6.45) is -1.66. The van der Waals surface area contributed by atoms with E-state index in [2.05, 4.69) is 16.2 Å². The lowest BCUT2D eigenvalue weighted by Gasteiger charge is -2.31. The zero-order valence-corrected chi connectivity index (χ0v) is 11.5. The predicted octanol–water partition coefficient (Wildman–Crippen LogP) is 4.09. The monoisotopic (exact) mass is 303 g/mol. The molecule has 2 rings (SSSR count). The number of ether oxygens (including phenoxy) is 1. The van der Waals surface area contributed by atoms with Crippen LogP contribution in [-0.4, -0.2) is 30.9 Å². The molecule has 116 valence electrons. The number of piperidine rings is 1. The molecule has 0 atom stereocenters. The van der Waals surface area contributed by atoms with Gasteiger partial charge in [0.05, 0.1) is 0 Å². The number of hydrogen-bond donors (Lipinski definition) is 0. The van der Waals surface area contributed by atoms with Crippen LogP contribution in [0.2, 0.25) is 0 Å². The second-order valence-electron chi connectivity index (χ2n) is 5.07. The minimum absolute atomic E-state index is 0.0807. The van der Waals surface area contributed by atoms with E-state index in [4.69, 9.17) is 0 Å². The molecule has 1 saturated heterocycles. The van der Waals surface area contributed by atoms with Gasteiger partial charge in [-0.15, -0.1) is 19.8 Å². The highest BCUT2D eigenvalue weighted by atomic mass is 19.4. The van der Waals surface area contributed by atoms with Gasteiger partial charge in [0.25, 0.3) is 0 Å². The summed E-state index contributed by atoms with van der Waals surface area (Å²) in [6.45, 7) is 5.99. The third-order valence-corrected chi connectivity index (χ3v) is 3.63. The maximum atomic E-state index is 14.2. The zero-order chi connectivity index (χ0) is 15.5. The number of likely N-dealkylation sites (tertiary alicyclic amines) is 1. The molecule has 1 aliphatic heterocycles. The third-order valence-electron chi connectivity index (χ3n) is 3.63. The summed E-state index contributed by atoms with van der Waals surface area (Å²) in [5, 5.41) is 0. The highest BCUT2D eigenvalue weighted by Crippen LogP contribution is 2.34. The van der Waals surface area contributed by atoms with Crippen LogP contribution >= 0.6 is 0 Å². The summed E-state index contributed by atoms with van der Waals surface area (Å²) in [7, 11) is 0. The minimum Gasteiger partial charge on any atom is -0.403 e. The van der Waals surface area contributed by atoms with Gasteiger partial charge in [0, 0.05) is 6.54 Å². The molecule has 0 unspecified atom stereocenters. The second kappa shape index (κ2) is 6.47. The standard InChI is InChI=1S/C15H17F4NO/c1-2-8-20-9-6-11(7-10-20)12-4-3-5-13(14(12)16)21-15(17,18)19/h2-5,11H,1,6-10H2. The Morgan fingerprint density at radius 2 is 1.95 bits per heavy atom. The summed E-state index contributed by atoms with van der Waals surface area (Å²) in [6, 6.07) is 3.93. The first kappa shape index (κ1) is 15.8. The van der Waals surface area contributed by atoms with Crippen molar-refractivity contribution in [2.75, 3.05) is 19.6 Å². The van der Waals surface area contributed by atoms with Crippen LogP contribution in [0, 0.1) is 5.82 Å². The van der Waals surface area contributed by atoms with E-state index < -0.39 is 17.9 Å². The Balaban J connectivity index is 2.11. The van der Waals surface area contributed by atoms with Crippen molar-refractivity contribution in [3.63, 3.8) is 0 Å². The maximum absolute atomic E-state index is 14.2. The number of halogens is 4. The van der Waals surface area contributed by atoms with Crippen molar-refractivity contribution >= 4 is 0 Å². The van der Waals surface area contributed by atoms with E-state index in [0.29, 0.717) is 18.4 Å². The molecule has 0 aromatic heterocycles. The van der Waals surface area contributed by atoms with Gasteiger partial charge in [0.1, 0.15) is 0 Å². The number of rotatable bonds is 4. The van der Waals surface area contributed by atoms with E-state index in [0.717, 1.165) is 25.7 Å². The molecule has 0 bridgehead atoms. The molecule has 0 aliphatic carbocycles. The predicted molar refractivity (Wildman–Crippen MR) is 71.7 cm³/mol. The normalized spacial score (nSPS) is 17.7. The summed E-state index contributed by atoms with van der Waals surface area (Å²) in [5.74, 6) is -1.74. The average Bonchev–Trinajstić information content (AvgIpc) is 2.41. The van der Waals surface area contributed by atoms with E-state index in [-0.39, 0.29) is 5.92 Å². The average molecular weight is 303 g/mol. The Hall–Kier alpha value is -1.56. The Morgan fingerprint density at radius 3 is 2.52 bits per heavy atom. The molecular weight excluding hydrogens is 286 g/mol. The van der Waals surface area contributed by atoms with Gasteiger partial charge in [0.15, 0.2) is 11.6 Å². The fraction of sp³-hybridized carbons (Fsp3) is 0.467. The summed E-state index contributed by atoms with van der Waals surface area (Å²) < 4.78 is 54.6. The summed E-state index contributed by atoms with van der Waals surface area (Å²) >= 11 is 0. The summed E-state index contributed by atoms with van der Waals surface area (Å²) in [5.41, 5.74) is 0.301.